The molecule has 162 valence electrons. The number of fused-ring (bicyclic) bond motifs is 4. The molecule has 0 radical (unpaired) electrons. The van der Waals surface area contributed by atoms with Gasteiger partial charge in [0.2, 0.25) is 0 Å². The second-order valence-corrected chi connectivity index (χ2v) is 9.68. The van der Waals surface area contributed by atoms with E-state index in [1.54, 1.807) is 49.1 Å². The lowest BCUT2D eigenvalue weighted by molar-refractivity contribution is 0.589. The molecule has 33 heavy (non-hydrogen) atoms. The van der Waals surface area contributed by atoms with Crippen molar-refractivity contribution in [2.24, 2.45) is 0 Å². The van der Waals surface area contributed by atoms with Crippen molar-refractivity contribution in [2.75, 3.05) is 0 Å². The molecular formula is C23H15ClN6O2S. The molecule has 10 heteroatoms. The fourth-order valence-corrected chi connectivity index (χ4v) is 5.59. The summed E-state index contributed by atoms with van der Waals surface area (Å²) in [4.78, 5) is 17.5. The first-order valence-electron chi connectivity index (χ1n) is 10.0. The van der Waals surface area contributed by atoms with Crippen molar-refractivity contribution in [3.63, 3.8) is 0 Å². The summed E-state index contributed by atoms with van der Waals surface area (Å²) in [7, 11) is -3.73. The van der Waals surface area contributed by atoms with Crippen molar-refractivity contribution in [1.82, 2.24) is 28.5 Å². The van der Waals surface area contributed by atoms with Crippen molar-refractivity contribution in [3.8, 4) is 0 Å². The minimum atomic E-state index is -3.73. The van der Waals surface area contributed by atoms with Crippen LogP contribution in [0.15, 0.2) is 84.5 Å². The number of halogens is 1. The van der Waals surface area contributed by atoms with Gasteiger partial charge in [-0.15, -0.1) is 0 Å². The molecule has 6 aromatic rings. The molecule has 0 atom stereocenters. The molecule has 0 unspecified atom stereocenters. The van der Waals surface area contributed by atoms with E-state index in [1.165, 1.54) is 10.3 Å². The van der Waals surface area contributed by atoms with Gasteiger partial charge in [-0.3, -0.25) is 4.98 Å². The van der Waals surface area contributed by atoms with Crippen LogP contribution in [0.2, 0.25) is 5.15 Å². The zero-order valence-corrected chi connectivity index (χ0v) is 18.6. The lowest BCUT2D eigenvalue weighted by Gasteiger charge is -2.10. The van der Waals surface area contributed by atoms with E-state index in [4.69, 9.17) is 11.6 Å². The highest BCUT2D eigenvalue weighted by molar-refractivity contribution is 7.90. The summed E-state index contributed by atoms with van der Waals surface area (Å²) in [5.41, 5.74) is 3.42. The lowest BCUT2D eigenvalue weighted by atomic mass is 10.1. The summed E-state index contributed by atoms with van der Waals surface area (Å²) in [6.07, 6.45) is 6.25. The van der Waals surface area contributed by atoms with Gasteiger partial charge in [0.15, 0.2) is 10.8 Å². The molecule has 4 aromatic heterocycles. The summed E-state index contributed by atoms with van der Waals surface area (Å²) in [5, 5.41) is 1.98. The molecule has 0 saturated heterocycles. The third-order valence-electron chi connectivity index (χ3n) is 5.61. The highest BCUT2D eigenvalue weighted by atomic mass is 35.5. The van der Waals surface area contributed by atoms with Crippen LogP contribution >= 0.6 is 11.6 Å². The number of aromatic nitrogens is 6. The SMILES string of the molecule is O=S(=O)(c1ccccc1)n1ccc2c3cccc(Cn4cnc5c(Cl)ncnc54)c3ncc21. The average Bonchev–Trinajstić information content (AvgIpc) is 3.46. The number of benzene rings is 2. The van der Waals surface area contributed by atoms with Crippen molar-refractivity contribution in [3.05, 3.63) is 90.4 Å². The van der Waals surface area contributed by atoms with Crippen molar-refractivity contribution in [1.29, 1.82) is 0 Å². The molecule has 0 N–H and O–H groups in total. The van der Waals surface area contributed by atoms with Crippen LogP contribution in [0.3, 0.4) is 0 Å². The zero-order valence-electron chi connectivity index (χ0n) is 17.0. The number of hydrogen-bond acceptors (Lipinski definition) is 6. The molecule has 4 heterocycles. The first-order valence-corrected chi connectivity index (χ1v) is 11.9. The summed E-state index contributed by atoms with van der Waals surface area (Å²) in [6.45, 7) is 0.475. The average molecular weight is 475 g/mol. The Morgan fingerprint density at radius 1 is 0.848 bits per heavy atom. The normalized spacial score (nSPS) is 12.2. The van der Waals surface area contributed by atoms with E-state index in [-0.39, 0.29) is 4.90 Å². The monoisotopic (exact) mass is 474 g/mol. The second kappa shape index (κ2) is 7.36. The standard InChI is InChI=1S/C23H15ClN6O2S/c24-22-21-23(27-13-26-22)29(14-28-21)12-15-5-4-8-18-17-9-10-30(19(17)11-25-20(15)18)33(31,32)16-6-2-1-3-7-16/h1-11,13-14H,12H2. The van der Waals surface area contributed by atoms with E-state index < -0.39 is 10.0 Å². The molecule has 0 amide bonds. The lowest BCUT2D eigenvalue weighted by Crippen LogP contribution is -2.11. The first kappa shape index (κ1) is 19.8. The molecule has 0 saturated carbocycles. The number of nitrogens with zero attached hydrogens (tertiary/aromatic N) is 6. The van der Waals surface area contributed by atoms with E-state index in [0.29, 0.717) is 28.4 Å². The van der Waals surface area contributed by atoms with Crippen LogP contribution in [0, 0.1) is 0 Å². The fraction of sp³-hybridized carbons (Fsp3) is 0.0435. The Morgan fingerprint density at radius 2 is 1.70 bits per heavy atom. The Kier molecular flexibility index (Phi) is 4.42. The van der Waals surface area contributed by atoms with Crippen LogP contribution in [0.5, 0.6) is 0 Å². The molecule has 0 fully saturated rings. The van der Waals surface area contributed by atoms with Gasteiger partial charge in [-0.2, -0.15) is 0 Å². The molecule has 0 aliphatic heterocycles. The van der Waals surface area contributed by atoms with E-state index in [9.17, 15) is 8.42 Å². The number of imidazole rings is 1. The molecule has 0 aliphatic rings. The number of pyridine rings is 1. The van der Waals surface area contributed by atoms with Crippen LogP contribution in [0.25, 0.3) is 33.0 Å². The van der Waals surface area contributed by atoms with Crippen LogP contribution in [-0.4, -0.2) is 36.9 Å². The molecule has 0 aliphatic carbocycles. The Balaban J connectivity index is 1.49. The minimum absolute atomic E-state index is 0.226. The van der Waals surface area contributed by atoms with E-state index in [2.05, 4.69) is 19.9 Å². The maximum absolute atomic E-state index is 13.2. The highest BCUT2D eigenvalue weighted by Gasteiger charge is 2.20. The summed E-state index contributed by atoms with van der Waals surface area (Å²) in [6, 6.07) is 16.0. The van der Waals surface area contributed by atoms with Gasteiger partial charge in [0, 0.05) is 17.0 Å². The Morgan fingerprint density at radius 3 is 2.55 bits per heavy atom. The van der Waals surface area contributed by atoms with Gasteiger partial charge in [0.25, 0.3) is 10.0 Å². The van der Waals surface area contributed by atoms with E-state index in [1.807, 2.05) is 28.8 Å². The Hall–Kier alpha value is -3.82. The van der Waals surface area contributed by atoms with Gasteiger partial charge in [0.1, 0.15) is 11.8 Å². The molecule has 0 spiro atoms. The third-order valence-corrected chi connectivity index (χ3v) is 7.59. The van der Waals surface area contributed by atoms with E-state index in [0.717, 1.165) is 21.9 Å². The predicted octanol–water partition coefficient (Wildman–Crippen LogP) is 4.27. The van der Waals surface area contributed by atoms with Crippen LogP contribution < -0.4 is 0 Å². The highest BCUT2D eigenvalue weighted by Crippen LogP contribution is 2.30. The van der Waals surface area contributed by atoms with Gasteiger partial charge in [-0.05, 0) is 23.8 Å². The largest absolute Gasteiger partial charge is 0.311 e. The zero-order chi connectivity index (χ0) is 22.6. The van der Waals surface area contributed by atoms with Crippen molar-refractivity contribution in [2.45, 2.75) is 11.4 Å². The quantitative estimate of drug-likeness (QED) is 0.354. The fourth-order valence-electron chi connectivity index (χ4n) is 4.06. The molecular weight excluding hydrogens is 460 g/mol. The van der Waals surface area contributed by atoms with Crippen molar-refractivity contribution >= 4 is 54.6 Å². The minimum Gasteiger partial charge on any atom is -0.311 e. The van der Waals surface area contributed by atoms with Gasteiger partial charge in [-0.1, -0.05) is 48.0 Å². The smallest absolute Gasteiger partial charge is 0.268 e. The Labute approximate surface area is 193 Å². The van der Waals surface area contributed by atoms with Gasteiger partial charge in [-0.25, -0.2) is 27.3 Å². The van der Waals surface area contributed by atoms with Gasteiger partial charge < -0.3 is 4.57 Å². The van der Waals surface area contributed by atoms with Crippen LogP contribution in [0.1, 0.15) is 5.56 Å². The molecule has 0 bridgehead atoms. The van der Waals surface area contributed by atoms with E-state index >= 15 is 0 Å². The summed E-state index contributed by atoms with van der Waals surface area (Å²) >= 11 is 6.13. The molecule has 8 nitrogen and oxygen atoms in total. The predicted molar refractivity (Wildman–Crippen MR) is 126 cm³/mol. The Bertz CT molecular complexity index is 1780. The van der Waals surface area contributed by atoms with Gasteiger partial charge >= 0.3 is 0 Å². The number of rotatable bonds is 4. The van der Waals surface area contributed by atoms with Crippen molar-refractivity contribution < 1.29 is 8.42 Å². The second-order valence-electron chi connectivity index (χ2n) is 7.51. The number of hydrogen-bond donors (Lipinski definition) is 0. The van der Waals surface area contributed by atoms with Gasteiger partial charge in [0.05, 0.1) is 35.0 Å². The number of para-hydroxylation sites is 1. The molecule has 6 rings (SSSR count). The van der Waals surface area contributed by atoms with Crippen LogP contribution in [0.4, 0.5) is 0 Å². The summed E-state index contributed by atoms with van der Waals surface area (Å²) < 4.78 is 29.5. The summed E-state index contributed by atoms with van der Waals surface area (Å²) in [5.74, 6) is 0. The molecule has 2 aromatic carbocycles. The maximum atomic E-state index is 13.2. The maximum Gasteiger partial charge on any atom is 0.268 e. The first-order chi connectivity index (χ1) is 16.0. The third kappa shape index (κ3) is 3.08. The van der Waals surface area contributed by atoms with Crippen LogP contribution in [-0.2, 0) is 16.6 Å². The topological polar surface area (TPSA) is 95.6 Å².